The predicted octanol–water partition coefficient (Wildman–Crippen LogP) is 2.92. The highest BCUT2D eigenvalue weighted by Crippen LogP contribution is 2.14. The smallest absolute Gasteiger partial charge is 0.407 e. The van der Waals surface area contributed by atoms with Crippen molar-refractivity contribution in [3.8, 4) is 5.75 Å². The molecule has 3 N–H and O–H groups in total. The minimum atomic E-state index is -0.533. The van der Waals surface area contributed by atoms with E-state index in [0.29, 0.717) is 18.7 Å². The van der Waals surface area contributed by atoms with Gasteiger partial charge in [-0.15, -0.1) is 0 Å². The molecule has 0 saturated carbocycles. The zero-order valence-corrected chi connectivity index (χ0v) is 13.6. The number of hydrogen-bond acceptors (Lipinski definition) is 4. The summed E-state index contributed by atoms with van der Waals surface area (Å²) in [7, 11) is 0. The van der Waals surface area contributed by atoms with Gasteiger partial charge in [0, 0.05) is 25.2 Å². The SMILES string of the molecule is CCC(CNCc1cc(O)cc(F)c1)NC(=O)OC(C)(C)C. The molecule has 1 aromatic carbocycles. The van der Waals surface area contributed by atoms with Gasteiger partial charge in [-0.3, -0.25) is 0 Å². The molecule has 22 heavy (non-hydrogen) atoms. The summed E-state index contributed by atoms with van der Waals surface area (Å²) in [6.07, 6.45) is 0.283. The van der Waals surface area contributed by atoms with Crippen molar-refractivity contribution in [3.63, 3.8) is 0 Å². The summed E-state index contributed by atoms with van der Waals surface area (Å²) in [4.78, 5) is 11.7. The maximum Gasteiger partial charge on any atom is 0.407 e. The minimum absolute atomic E-state index is 0.0861. The molecule has 1 aromatic rings. The number of rotatable bonds is 6. The quantitative estimate of drug-likeness (QED) is 0.755. The number of benzene rings is 1. The largest absolute Gasteiger partial charge is 0.508 e. The third kappa shape index (κ3) is 7.26. The van der Waals surface area contributed by atoms with Crippen LogP contribution in [0.1, 0.15) is 39.7 Å². The number of phenolic OH excluding ortho intramolecular Hbond substituents is 1. The molecule has 0 aliphatic heterocycles. The molecule has 124 valence electrons. The van der Waals surface area contributed by atoms with Crippen LogP contribution in [0.3, 0.4) is 0 Å². The first kappa shape index (κ1) is 18.2. The summed E-state index contributed by atoms with van der Waals surface area (Å²) in [5.41, 5.74) is 0.110. The number of alkyl carbamates (subject to hydrolysis) is 1. The zero-order chi connectivity index (χ0) is 16.8. The summed E-state index contributed by atoms with van der Waals surface area (Å²) < 4.78 is 18.4. The van der Waals surface area contributed by atoms with Gasteiger partial charge in [-0.05, 0) is 44.9 Å². The van der Waals surface area contributed by atoms with Crippen molar-refractivity contribution in [2.24, 2.45) is 0 Å². The van der Waals surface area contributed by atoms with Crippen molar-refractivity contribution in [1.29, 1.82) is 0 Å². The monoisotopic (exact) mass is 312 g/mol. The Labute approximate surface area is 130 Å². The molecule has 0 aliphatic carbocycles. The van der Waals surface area contributed by atoms with Crippen LogP contribution in [-0.4, -0.2) is 29.4 Å². The molecular formula is C16H25FN2O3. The van der Waals surface area contributed by atoms with Gasteiger partial charge in [0.2, 0.25) is 0 Å². The van der Waals surface area contributed by atoms with Crippen LogP contribution in [0.15, 0.2) is 18.2 Å². The first-order chi connectivity index (χ1) is 10.2. The first-order valence-corrected chi connectivity index (χ1v) is 7.38. The van der Waals surface area contributed by atoms with Crippen LogP contribution in [0.25, 0.3) is 0 Å². The molecule has 0 radical (unpaired) electrons. The van der Waals surface area contributed by atoms with Crippen LogP contribution >= 0.6 is 0 Å². The standard InChI is InChI=1S/C16H25FN2O3/c1-5-13(19-15(21)22-16(2,3)4)10-18-9-11-6-12(17)8-14(20)7-11/h6-8,13,18,20H,5,9-10H2,1-4H3,(H,19,21). The lowest BCUT2D eigenvalue weighted by Crippen LogP contribution is -2.43. The van der Waals surface area contributed by atoms with Crippen molar-refractivity contribution in [2.45, 2.75) is 52.3 Å². The second kappa shape index (κ2) is 7.98. The Balaban J connectivity index is 2.42. The number of phenols is 1. The van der Waals surface area contributed by atoms with E-state index in [4.69, 9.17) is 4.74 Å². The third-order valence-electron chi connectivity index (χ3n) is 2.88. The van der Waals surface area contributed by atoms with Gasteiger partial charge in [0.15, 0.2) is 0 Å². The summed E-state index contributed by atoms with van der Waals surface area (Å²) in [6, 6.07) is 3.83. The van der Waals surface area contributed by atoms with Gasteiger partial charge in [0.1, 0.15) is 17.2 Å². The number of amides is 1. The molecule has 1 rings (SSSR count). The van der Waals surface area contributed by atoms with Gasteiger partial charge in [0.05, 0.1) is 0 Å². The molecule has 1 amide bonds. The molecule has 5 nitrogen and oxygen atoms in total. The maximum absolute atomic E-state index is 13.1. The number of halogens is 1. The molecule has 0 fully saturated rings. The molecule has 6 heteroatoms. The van der Waals surface area contributed by atoms with Gasteiger partial charge >= 0.3 is 6.09 Å². The Morgan fingerprint density at radius 3 is 2.59 bits per heavy atom. The number of hydrogen-bond donors (Lipinski definition) is 3. The predicted molar refractivity (Wildman–Crippen MR) is 83.2 cm³/mol. The summed E-state index contributed by atoms with van der Waals surface area (Å²) >= 11 is 0. The Hall–Kier alpha value is -1.82. The van der Waals surface area contributed by atoms with E-state index in [1.165, 1.54) is 12.1 Å². The van der Waals surface area contributed by atoms with E-state index in [1.54, 1.807) is 0 Å². The molecule has 1 unspecified atom stereocenters. The lowest BCUT2D eigenvalue weighted by molar-refractivity contribution is 0.0502. The second-order valence-corrected chi connectivity index (χ2v) is 6.20. The molecule has 0 heterocycles. The fourth-order valence-corrected chi connectivity index (χ4v) is 1.90. The van der Waals surface area contributed by atoms with Crippen LogP contribution in [-0.2, 0) is 11.3 Å². The van der Waals surface area contributed by atoms with Gasteiger partial charge in [-0.2, -0.15) is 0 Å². The number of aromatic hydroxyl groups is 1. The Bertz CT molecular complexity index is 480. The van der Waals surface area contributed by atoms with Crippen LogP contribution in [0, 0.1) is 5.82 Å². The van der Waals surface area contributed by atoms with Crippen molar-refractivity contribution >= 4 is 6.09 Å². The van der Waals surface area contributed by atoms with Gasteiger partial charge in [0.25, 0.3) is 0 Å². The number of nitrogens with one attached hydrogen (secondary N) is 2. The molecular weight excluding hydrogens is 287 g/mol. The van der Waals surface area contributed by atoms with Crippen LogP contribution in [0.4, 0.5) is 9.18 Å². The lowest BCUT2D eigenvalue weighted by Gasteiger charge is -2.23. The fraction of sp³-hybridized carbons (Fsp3) is 0.562. The number of ether oxygens (including phenoxy) is 1. The number of carbonyl (C=O) groups excluding carboxylic acids is 1. The Morgan fingerprint density at radius 2 is 2.05 bits per heavy atom. The van der Waals surface area contributed by atoms with Crippen LogP contribution in [0.2, 0.25) is 0 Å². The molecule has 1 atom stereocenters. The lowest BCUT2D eigenvalue weighted by atomic mass is 10.2. The fourth-order valence-electron chi connectivity index (χ4n) is 1.90. The normalized spacial score (nSPS) is 12.8. The van der Waals surface area contributed by atoms with Gasteiger partial charge in [-0.1, -0.05) is 6.92 Å². The van der Waals surface area contributed by atoms with Gasteiger partial charge in [-0.25, -0.2) is 9.18 Å². The summed E-state index contributed by atoms with van der Waals surface area (Å²) in [5.74, 6) is -0.577. The second-order valence-electron chi connectivity index (χ2n) is 6.20. The highest BCUT2D eigenvalue weighted by Gasteiger charge is 2.18. The molecule has 0 saturated heterocycles. The van der Waals surface area contributed by atoms with Crippen molar-refractivity contribution < 1.29 is 19.0 Å². The van der Waals surface area contributed by atoms with E-state index in [0.717, 1.165) is 12.5 Å². The van der Waals surface area contributed by atoms with E-state index in [9.17, 15) is 14.3 Å². The minimum Gasteiger partial charge on any atom is -0.508 e. The van der Waals surface area contributed by atoms with E-state index < -0.39 is 17.5 Å². The molecule has 0 aromatic heterocycles. The van der Waals surface area contributed by atoms with E-state index in [2.05, 4.69) is 10.6 Å². The Kier molecular flexibility index (Phi) is 6.61. The topological polar surface area (TPSA) is 70.6 Å². The van der Waals surface area contributed by atoms with Crippen LogP contribution in [0.5, 0.6) is 5.75 Å². The first-order valence-electron chi connectivity index (χ1n) is 7.38. The van der Waals surface area contributed by atoms with E-state index in [1.807, 2.05) is 27.7 Å². The highest BCUT2D eigenvalue weighted by molar-refractivity contribution is 5.68. The third-order valence-corrected chi connectivity index (χ3v) is 2.88. The average Bonchev–Trinajstić information content (AvgIpc) is 2.34. The van der Waals surface area contributed by atoms with Crippen molar-refractivity contribution in [1.82, 2.24) is 10.6 Å². The molecule has 0 bridgehead atoms. The average molecular weight is 312 g/mol. The van der Waals surface area contributed by atoms with Crippen LogP contribution < -0.4 is 10.6 Å². The van der Waals surface area contributed by atoms with Crippen molar-refractivity contribution in [3.05, 3.63) is 29.6 Å². The highest BCUT2D eigenvalue weighted by atomic mass is 19.1. The molecule has 0 aliphatic rings. The van der Waals surface area contributed by atoms with E-state index >= 15 is 0 Å². The summed E-state index contributed by atoms with van der Waals surface area (Å²) in [6.45, 7) is 8.30. The summed E-state index contributed by atoms with van der Waals surface area (Å²) in [5, 5.41) is 15.2. The van der Waals surface area contributed by atoms with E-state index in [-0.39, 0.29) is 11.8 Å². The molecule has 0 spiro atoms. The zero-order valence-electron chi connectivity index (χ0n) is 13.6. The Morgan fingerprint density at radius 1 is 1.36 bits per heavy atom. The maximum atomic E-state index is 13.1. The van der Waals surface area contributed by atoms with Crippen molar-refractivity contribution in [2.75, 3.05) is 6.54 Å². The number of carbonyl (C=O) groups is 1. The van der Waals surface area contributed by atoms with Gasteiger partial charge < -0.3 is 20.5 Å².